The summed E-state index contributed by atoms with van der Waals surface area (Å²) < 4.78 is 42.1. The van der Waals surface area contributed by atoms with E-state index in [0.717, 1.165) is 23.0 Å². The minimum atomic E-state index is -4.42. The van der Waals surface area contributed by atoms with E-state index >= 15 is 0 Å². The first-order valence-electron chi connectivity index (χ1n) is 9.67. The summed E-state index contributed by atoms with van der Waals surface area (Å²) in [6, 6.07) is 10.7. The number of hydrogen-bond acceptors (Lipinski definition) is 2. The third kappa shape index (κ3) is 4.31. The van der Waals surface area contributed by atoms with Crippen molar-refractivity contribution in [1.29, 1.82) is 0 Å². The number of aryl methyl sites for hydroxylation is 1. The van der Waals surface area contributed by atoms with Gasteiger partial charge in [0.2, 0.25) is 0 Å². The maximum atomic E-state index is 13.4. The summed E-state index contributed by atoms with van der Waals surface area (Å²) in [6.07, 6.45) is -4.42. The van der Waals surface area contributed by atoms with Gasteiger partial charge in [0.05, 0.1) is 22.3 Å². The van der Waals surface area contributed by atoms with Crippen LogP contribution in [0.2, 0.25) is 0 Å². The van der Waals surface area contributed by atoms with E-state index in [1.807, 2.05) is 14.0 Å². The van der Waals surface area contributed by atoms with Crippen molar-refractivity contribution in [2.75, 3.05) is 0 Å². The Kier molecular flexibility index (Phi) is 6.17. The molecule has 0 aliphatic rings. The summed E-state index contributed by atoms with van der Waals surface area (Å²) in [7, 11) is 1.87. The monoisotopic (exact) mass is 436 g/mol. The summed E-state index contributed by atoms with van der Waals surface area (Å²) in [6.45, 7) is 8.33. The van der Waals surface area contributed by atoms with Gasteiger partial charge in [0.25, 0.3) is 0 Å². The molecule has 0 radical (unpaired) electrons. The Morgan fingerprint density at radius 1 is 1.03 bits per heavy atom. The molecule has 0 saturated heterocycles. The Morgan fingerprint density at radius 2 is 1.71 bits per heavy atom. The second kappa shape index (κ2) is 8.11. The molecule has 0 bridgehead atoms. The fourth-order valence-corrected chi connectivity index (χ4v) is 3.94. The van der Waals surface area contributed by atoms with Gasteiger partial charge in [-0.25, -0.2) is 4.98 Å². The summed E-state index contributed by atoms with van der Waals surface area (Å²) in [5.41, 5.74) is 4.13. The average Bonchev–Trinajstić information content (AvgIpc) is 3.20. The number of alkyl halides is 3. The van der Waals surface area contributed by atoms with Crippen molar-refractivity contribution in [2.24, 2.45) is 7.05 Å². The molecule has 0 spiro atoms. The third-order valence-corrected chi connectivity index (χ3v) is 5.24. The van der Waals surface area contributed by atoms with Crippen LogP contribution in [0.5, 0.6) is 0 Å². The number of nitrogens with one attached hydrogen (secondary N) is 1. The molecule has 158 valence electrons. The van der Waals surface area contributed by atoms with Crippen molar-refractivity contribution >= 4 is 11.0 Å². The quantitative estimate of drug-likeness (QED) is 0.490. The molecular formula is C23H24F3N4Na. The number of hydrogen-bond donors (Lipinski definition) is 1. The van der Waals surface area contributed by atoms with Gasteiger partial charge in [-0.3, -0.25) is 4.68 Å². The van der Waals surface area contributed by atoms with Gasteiger partial charge in [-0.2, -0.15) is 18.3 Å². The number of rotatable bonds is 2. The Labute approximate surface area is 202 Å². The van der Waals surface area contributed by atoms with Crippen LogP contribution in [-0.4, -0.2) is 19.7 Å². The number of nitrogens with zero attached hydrogens (tertiary/aromatic N) is 3. The van der Waals surface area contributed by atoms with Crippen LogP contribution in [-0.2, 0) is 18.6 Å². The van der Waals surface area contributed by atoms with Gasteiger partial charge in [-0.1, -0.05) is 45.0 Å². The number of benzene rings is 2. The maximum absolute atomic E-state index is 13.4. The molecule has 0 amide bonds. The SMILES string of the molecule is Cc1c(C(C)(C)C)nn(C)c1-c1nc2ccc(-c3ccccc3C(F)(F)F)cc2[nH]1.[H-].[Na+]. The Hall–Kier alpha value is -2.09. The zero-order valence-electron chi connectivity index (χ0n) is 19.5. The maximum Gasteiger partial charge on any atom is 1.00 e. The van der Waals surface area contributed by atoms with Crippen molar-refractivity contribution in [1.82, 2.24) is 19.7 Å². The fourth-order valence-electron chi connectivity index (χ4n) is 3.94. The number of aromatic amines is 1. The number of H-pyrrole nitrogens is 1. The van der Waals surface area contributed by atoms with Crippen molar-refractivity contribution < 1.29 is 44.2 Å². The number of fused-ring (bicyclic) bond motifs is 1. The van der Waals surface area contributed by atoms with Crippen LogP contribution in [0.15, 0.2) is 42.5 Å². The molecule has 4 rings (SSSR count). The molecule has 0 aliphatic carbocycles. The Bertz CT molecular complexity index is 1250. The fraction of sp³-hybridized carbons (Fsp3) is 0.304. The van der Waals surface area contributed by atoms with Gasteiger partial charge in [0, 0.05) is 18.0 Å². The molecule has 0 saturated carbocycles. The topological polar surface area (TPSA) is 46.5 Å². The van der Waals surface area contributed by atoms with E-state index in [4.69, 9.17) is 0 Å². The first-order valence-corrected chi connectivity index (χ1v) is 9.67. The molecular weight excluding hydrogens is 412 g/mol. The van der Waals surface area contributed by atoms with Gasteiger partial charge in [-0.05, 0) is 36.2 Å². The number of aromatic nitrogens is 4. The van der Waals surface area contributed by atoms with Gasteiger partial charge >= 0.3 is 35.7 Å². The van der Waals surface area contributed by atoms with Crippen LogP contribution in [0, 0.1) is 6.92 Å². The smallest absolute Gasteiger partial charge is 1.00 e. The summed E-state index contributed by atoms with van der Waals surface area (Å²) in [4.78, 5) is 7.94. The van der Waals surface area contributed by atoms with Gasteiger partial charge < -0.3 is 6.41 Å². The molecule has 8 heteroatoms. The normalized spacial score (nSPS) is 12.3. The largest absolute Gasteiger partial charge is 1.00 e. The van der Waals surface area contributed by atoms with Crippen molar-refractivity contribution in [3.05, 3.63) is 59.3 Å². The van der Waals surface area contributed by atoms with E-state index in [1.165, 1.54) is 12.1 Å². The van der Waals surface area contributed by atoms with Gasteiger partial charge in [-0.15, -0.1) is 0 Å². The van der Waals surface area contributed by atoms with Crippen molar-refractivity contribution in [2.45, 2.75) is 39.3 Å². The minimum absolute atomic E-state index is 0. The van der Waals surface area contributed by atoms with Gasteiger partial charge in [0.1, 0.15) is 5.69 Å². The van der Waals surface area contributed by atoms with E-state index in [2.05, 4.69) is 35.8 Å². The molecule has 2 aromatic carbocycles. The van der Waals surface area contributed by atoms with E-state index < -0.39 is 11.7 Å². The van der Waals surface area contributed by atoms with Crippen LogP contribution in [0.1, 0.15) is 39.0 Å². The zero-order valence-corrected chi connectivity index (χ0v) is 20.5. The average molecular weight is 436 g/mol. The minimum Gasteiger partial charge on any atom is -1.00 e. The first-order chi connectivity index (χ1) is 14.0. The van der Waals surface area contributed by atoms with Crippen LogP contribution in [0.4, 0.5) is 13.2 Å². The second-order valence-corrected chi connectivity index (χ2v) is 8.56. The molecule has 0 aliphatic heterocycles. The van der Waals surface area contributed by atoms with E-state index in [1.54, 1.807) is 28.9 Å². The summed E-state index contributed by atoms with van der Waals surface area (Å²) in [5.74, 6) is 0.647. The molecule has 0 unspecified atom stereocenters. The predicted molar refractivity (Wildman–Crippen MR) is 113 cm³/mol. The molecule has 0 fully saturated rings. The van der Waals surface area contributed by atoms with Gasteiger partial charge in [0.15, 0.2) is 5.82 Å². The molecule has 1 N–H and O–H groups in total. The summed E-state index contributed by atoms with van der Waals surface area (Å²) >= 11 is 0. The standard InChI is InChI=1S/C23H23F3N4.Na.H/c1-13-19(30(5)29-20(13)22(2,3)4)21-27-17-11-10-14(12-18(17)28-21)15-8-6-7-9-16(15)23(24,25)26;;/h6-12H,1-5H3,(H,27,28);;/q;+1;-1. The van der Waals surface area contributed by atoms with E-state index in [0.29, 0.717) is 22.4 Å². The van der Waals surface area contributed by atoms with Crippen molar-refractivity contribution in [3.8, 4) is 22.6 Å². The molecule has 0 atom stereocenters. The van der Waals surface area contributed by atoms with E-state index in [9.17, 15) is 13.2 Å². The zero-order chi connectivity index (χ0) is 21.8. The Balaban J connectivity index is 0.00000181. The molecule has 4 nitrogen and oxygen atoms in total. The number of halogens is 3. The molecule has 31 heavy (non-hydrogen) atoms. The first kappa shape index (κ1) is 23.6. The second-order valence-electron chi connectivity index (χ2n) is 8.56. The predicted octanol–water partition coefficient (Wildman–Crippen LogP) is 3.37. The molecule has 4 aromatic rings. The van der Waals surface area contributed by atoms with Crippen LogP contribution >= 0.6 is 0 Å². The van der Waals surface area contributed by atoms with Crippen molar-refractivity contribution in [3.63, 3.8) is 0 Å². The molecule has 2 heterocycles. The molecule has 2 aromatic heterocycles. The van der Waals surface area contributed by atoms with Crippen LogP contribution < -0.4 is 29.6 Å². The third-order valence-electron chi connectivity index (χ3n) is 5.24. The number of imidazole rings is 1. The Morgan fingerprint density at radius 3 is 2.32 bits per heavy atom. The van der Waals surface area contributed by atoms with Crippen LogP contribution in [0.25, 0.3) is 33.7 Å². The van der Waals surface area contributed by atoms with E-state index in [-0.39, 0.29) is 42.0 Å². The van der Waals surface area contributed by atoms with Crippen LogP contribution in [0.3, 0.4) is 0 Å². The summed E-state index contributed by atoms with van der Waals surface area (Å²) in [5, 5.41) is 4.66.